The SMILES string of the molecule is C[C@@H]1CCC[C@@]2(CC[C@H](CN)O2)C1. The van der Waals surface area contributed by atoms with E-state index in [-0.39, 0.29) is 5.60 Å². The van der Waals surface area contributed by atoms with Gasteiger partial charge in [-0.05, 0) is 31.6 Å². The minimum absolute atomic E-state index is 0.238. The summed E-state index contributed by atoms with van der Waals surface area (Å²) in [7, 11) is 0. The van der Waals surface area contributed by atoms with Gasteiger partial charge in [-0.15, -0.1) is 0 Å². The fraction of sp³-hybridized carbons (Fsp3) is 1.00. The molecule has 1 aliphatic carbocycles. The van der Waals surface area contributed by atoms with Gasteiger partial charge in [0.25, 0.3) is 0 Å². The molecule has 2 heteroatoms. The first-order chi connectivity index (χ1) is 6.24. The highest BCUT2D eigenvalue weighted by Gasteiger charge is 2.41. The van der Waals surface area contributed by atoms with Crippen LogP contribution in [-0.4, -0.2) is 18.2 Å². The molecule has 3 atom stereocenters. The molecule has 1 saturated carbocycles. The zero-order valence-electron chi connectivity index (χ0n) is 8.59. The van der Waals surface area contributed by atoms with E-state index in [2.05, 4.69) is 6.92 Å². The summed E-state index contributed by atoms with van der Waals surface area (Å²) in [6, 6.07) is 0. The Bertz CT molecular complexity index is 183. The Morgan fingerprint density at radius 1 is 1.38 bits per heavy atom. The van der Waals surface area contributed by atoms with Gasteiger partial charge in [-0.2, -0.15) is 0 Å². The van der Waals surface area contributed by atoms with Crippen LogP contribution in [0.3, 0.4) is 0 Å². The van der Waals surface area contributed by atoms with Crippen molar-refractivity contribution in [3.63, 3.8) is 0 Å². The lowest BCUT2D eigenvalue weighted by Crippen LogP contribution is -2.36. The zero-order valence-corrected chi connectivity index (χ0v) is 8.59. The number of nitrogens with two attached hydrogens (primary N) is 1. The van der Waals surface area contributed by atoms with Gasteiger partial charge in [-0.25, -0.2) is 0 Å². The predicted molar refractivity (Wildman–Crippen MR) is 53.5 cm³/mol. The summed E-state index contributed by atoms with van der Waals surface area (Å²) in [4.78, 5) is 0. The second-order valence-electron chi connectivity index (χ2n) is 4.90. The summed E-state index contributed by atoms with van der Waals surface area (Å²) < 4.78 is 6.08. The molecule has 1 spiro atoms. The van der Waals surface area contributed by atoms with E-state index in [1.807, 2.05) is 0 Å². The van der Waals surface area contributed by atoms with Crippen LogP contribution in [0, 0.1) is 5.92 Å². The second-order valence-corrected chi connectivity index (χ2v) is 4.90. The fourth-order valence-electron chi connectivity index (χ4n) is 3.01. The van der Waals surface area contributed by atoms with Crippen molar-refractivity contribution < 1.29 is 4.74 Å². The van der Waals surface area contributed by atoms with E-state index in [0.29, 0.717) is 12.6 Å². The molecule has 0 bridgehead atoms. The van der Waals surface area contributed by atoms with Crippen LogP contribution in [0.2, 0.25) is 0 Å². The summed E-state index contributed by atoms with van der Waals surface area (Å²) in [6.07, 6.45) is 8.06. The van der Waals surface area contributed by atoms with Crippen LogP contribution in [0.25, 0.3) is 0 Å². The van der Waals surface area contributed by atoms with Crippen LogP contribution in [-0.2, 0) is 4.74 Å². The van der Waals surface area contributed by atoms with Crippen molar-refractivity contribution in [2.24, 2.45) is 11.7 Å². The molecule has 2 fully saturated rings. The molecule has 0 amide bonds. The third kappa shape index (κ3) is 1.89. The smallest absolute Gasteiger partial charge is 0.0705 e. The van der Waals surface area contributed by atoms with Crippen molar-refractivity contribution in [2.45, 2.75) is 57.2 Å². The average Bonchev–Trinajstić information content (AvgIpc) is 2.48. The Kier molecular flexibility index (Phi) is 2.61. The van der Waals surface area contributed by atoms with Crippen LogP contribution in [0.1, 0.15) is 45.4 Å². The van der Waals surface area contributed by atoms with Gasteiger partial charge in [0.2, 0.25) is 0 Å². The first-order valence-electron chi connectivity index (χ1n) is 5.62. The first-order valence-corrected chi connectivity index (χ1v) is 5.62. The zero-order chi connectivity index (χ0) is 9.31. The van der Waals surface area contributed by atoms with E-state index in [1.165, 1.54) is 38.5 Å². The largest absolute Gasteiger partial charge is 0.370 e. The molecule has 0 aromatic carbocycles. The highest BCUT2D eigenvalue weighted by atomic mass is 16.5. The third-order valence-corrected chi connectivity index (χ3v) is 3.65. The summed E-state index contributed by atoms with van der Waals surface area (Å²) in [5.41, 5.74) is 5.87. The first kappa shape index (κ1) is 9.47. The molecule has 13 heavy (non-hydrogen) atoms. The maximum Gasteiger partial charge on any atom is 0.0705 e. The molecule has 0 unspecified atom stereocenters. The van der Waals surface area contributed by atoms with Gasteiger partial charge < -0.3 is 10.5 Å². The summed E-state index contributed by atoms with van der Waals surface area (Å²) in [5, 5.41) is 0. The van der Waals surface area contributed by atoms with Crippen LogP contribution in [0.15, 0.2) is 0 Å². The summed E-state index contributed by atoms with van der Waals surface area (Å²) in [6.45, 7) is 3.05. The number of rotatable bonds is 1. The molecule has 2 N–H and O–H groups in total. The van der Waals surface area contributed by atoms with Crippen molar-refractivity contribution in [3.05, 3.63) is 0 Å². The molecule has 76 valence electrons. The van der Waals surface area contributed by atoms with Gasteiger partial charge in [0, 0.05) is 6.54 Å². The van der Waals surface area contributed by atoms with E-state index in [1.54, 1.807) is 0 Å². The Labute approximate surface area is 80.8 Å². The maximum atomic E-state index is 6.08. The number of ether oxygens (including phenoxy) is 1. The number of hydrogen-bond acceptors (Lipinski definition) is 2. The van der Waals surface area contributed by atoms with Crippen LogP contribution < -0.4 is 5.73 Å². The molecule has 0 aromatic rings. The maximum absolute atomic E-state index is 6.08. The lowest BCUT2D eigenvalue weighted by atomic mass is 9.77. The van der Waals surface area contributed by atoms with E-state index >= 15 is 0 Å². The lowest BCUT2D eigenvalue weighted by molar-refractivity contribution is -0.0707. The molecular weight excluding hydrogens is 162 g/mol. The van der Waals surface area contributed by atoms with E-state index in [4.69, 9.17) is 10.5 Å². The number of hydrogen-bond donors (Lipinski definition) is 1. The molecule has 2 nitrogen and oxygen atoms in total. The third-order valence-electron chi connectivity index (χ3n) is 3.65. The Morgan fingerprint density at radius 2 is 2.23 bits per heavy atom. The Balaban J connectivity index is 1.97. The Morgan fingerprint density at radius 3 is 2.85 bits per heavy atom. The molecule has 1 heterocycles. The van der Waals surface area contributed by atoms with Gasteiger partial charge >= 0.3 is 0 Å². The highest BCUT2D eigenvalue weighted by molar-refractivity contribution is 4.93. The average molecular weight is 183 g/mol. The summed E-state index contributed by atoms with van der Waals surface area (Å²) >= 11 is 0. The highest BCUT2D eigenvalue weighted by Crippen LogP contribution is 2.43. The Hall–Kier alpha value is -0.0800. The predicted octanol–water partition coefficient (Wildman–Crippen LogP) is 2.07. The standard InChI is InChI=1S/C11H21NO/c1-9-3-2-5-11(7-9)6-4-10(8-12)13-11/h9-10H,2-8,12H2,1H3/t9-,10-,11-/m1/s1. The quantitative estimate of drug-likeness (QED) is 0.675. The minimum Gasteiger partial charge on any atom is -0.370 e. The van der Waals surface area contributed by atoms with Crippen molar-refractivity contribution in [3.8, 4) is 0 Å². The van der Waals surface area contributed by atoms with Crippen molar-refractivity contribution in [2.75, 3.05) is 6.54 Å². The van der Waals surface area contributed by atoms with Crippen molar-refractivity contribution in [1.82, 2.24) is 0 Å². The molecule has 2 rings (SSSR count). The molecule has 0 radical (unpaired) electrons. The summed E-state index contributed by atoms with van der Waals surface area (Å²) in [5.74, 6) is 0.852. The normalized spacial score (nSPS) is 45.7. The molecule has 1 aliphatic heterocycles. The van der Waals surface area contributed by atoms with Crippen molar-refractivity contribution >= 4 is 0 Å². The van der Waals surface area contributed by atoms with Crippen molar-refractivity contribution in [1.29, 1.82) is 0 Å². The topological polar surface area (TPSA) is 35.2 Å². The van der Waals surface area contributed by atoms with Gasteiger partial charge in [-0.1, -0.05) is 19.8 Å². The van der Waals surface area contributed by atoms with Gasteiger partial charge in [-0.3, -0.25) is 0 Å². The van der Waals surface area contributed by atoms with E-state index in [0.717, 1.165) is 5.92 Å². The molecule has 0 aromatic heterocycles. The second kappa shape index (κ2) is 3.58. The minimum atomic E-state index is 0.238. The van der Waals surface area contributed by atoms with E-state index < -0.39 is 0 Å². The van der Waals surface area contributed by atoms with Crippen LogP contribution >= 0.6 is 0 Å². The van der Waals surface area contributed by atoms with Gasteiger partial charge in [0.1, 0.15) is 0 Å². The molecule has 1 saturated heterocycles. The molecular formula is C11H21NO. The monoisotopic (exact) mass is 183 g/mol. The molecule has 2 aliphatic rings. The van der Waals surface area contributed by atoms with Gasteiger partial charge in [0.05, 0.1) is 11.7 Å². The lowest BCUT2D eigenvalue weighted by Gasteiger charge is -2.36. The van der Waals surface area contributed by atoms with Crippen LogP contribution in [0.5, 0.6) is 0 Å². The van der Waals surface area contributed by atoms with Crippen LogP contribution in [0.4, 0.5) is 0 Å². The van der Waals surface area contributed by atoms with E-state index in [9.17, 15) is 0 Å². The fourth-order valence-corrected chi connectivity index (χ4v) is 3.01. The van der Waals surface area contributed by atoms with Gasteiger partial charge in [0.15, 0.2) is 0 Å².